The fourth-order valence-corrected chi connectivity index (χ4v) is 4.87. The lowest BCUT2D eigenvalue weighted by atomic mass is 10.0. The van der Waals surface area contributed by atoms with Gasteiger partial charge in [0.2, 0.25) is 5.91 Å². The van der Waals surface area contributed by atoms with Crippen LogP contribution in [-0.2, 0) is 4.79 Å². The van der Waals surface area contributed by atoms with E-state index in [4.69, 9.17) is 17.3 Å². The molecule has 0 bridgehead atoms. The molecule has 1 aliphatic heterocycles. The number of nitrogens with zero attached hydrogens (tertiary/aromatic N) is 3. The lowest BCUT2D eigenvalue weighted by molar-refractivity contribution is -0.123. The Hall–Kier alpha value is -2.38. The third kappa shape index (κ3) is 3.21. The van der Waals surface area contributed by atoms with Crippen molar-refractivity contribution in [1.29, 1.82) is 0 Å². The van der Waals surface area contributed by atoms with Crippen molar-refractivity contribution in [2.24, 2.45) is 5.73 Å². The number of aryl methyl sites for hydroxylation is 1. The van der Waals surface area contributed by atoms with Crippen molar-refractivity contribution < 1.29 is 9.59 Å². The zero-order valence-electron chi connectivity index (χ0n) is 14.8. The number of aromatic nitrogens is 2. The summed E-state index contributed by atoms with van der Waals surface area (Å²) < 4.78 is 1.81. The molecule has 2 aromatic heterocycles. The fourth-order valence-electron chi connectivity index (χ4n) is 3.55. The number of primary amides is 1. The van der Waals surface area contributed by atoms with Gasteiger partial charge in [-0.1, -0.05) is 17.7 Å². The number of carbonyl (C=O) groups is 2. The molecule has 0 spiro atoms. The number of benzene rings is 1. The van der Waals surface area contributed by atoms with Crippen molar-refractivity contribution in [3.8, 4) is 5.69 Å². The first kappa shape index (κ1) is 18.0. The number of nitrogens with two attached hydrogens (primary N) is 1. The molecule has 27 heavy (non-hydrogen) atoms. The third-order valence-electron chi connectivity index (χ3n) is 4.90. The maximum Gasteiger partial charge on any atom is 0.264 e. The van der Waals surface area contributed by atoms with Gasteiger partial charge in [-0.15, -0.1) is 11.3 Å². The number of hydrogen-bond acceptors (Lipinski definition) is 4. The normalized spacial score (nSPS) is 17.4. The summed E-state index contributed by atoms with van der Waals surface area (Å²) in [5.74, 6) is -0.581. The van der Waals surface area contributed by atoms with Gasteiger partial charge in [0, 0.05) is 17.0 Å². The second kappa shape index (κ2) is 6.98. The third-order valence-corrected chi connectivity index (χ3v) is 6.23. The first-order valence-electron chi connectivity index (χ1n) is 8.81. The smallest absolute Gasteiger partial charge is 0.264 e. The molecule has 3 aromatic rings. The molecule has 2 N–H and O–H groups in total. The van der Waals surface area contributed by atoms with Crippen LogP contribution in [0.25, 0.3) is 15.9 Å². The predicted octanol–water partition coefficient (Wildman–Crippen LogP) is 3.53. The van der Waals surface area contributed by atoms with Gasteiger partial charge in [-0.2, -0.15) is 5.10 Å². The Labute approximate surface area is 165 Å². The van der Waals surface area contributed by atoms with E-state index in [0.29, 0.717) is 22.9 Å². The van der Waals surface area contributed by atoms with Gasteiger partial charge in [-0.3, -0.25) is 9.59 Å². The SMILES string of the molecule is Cc1nn(-c2cccc(Cl)c2)c2sc(C(=O)N3CCCCC3C(N)=O)cc12. The molecule has 1 unspecified atom stereocenters. The van der Waals surface area contributed by atoms with E-state index in [1.165, 1.54) is 11.3 Å². The summed E-state index contributed by atoms with van der Waals surface area (Å²) in [5, 5.41) is 6.14. The maximum absolute atomic E-state index is 13.1. The molecule has 1 aliphatic rings. The zero-order chi connectivity index (χ0) is 19.1. The van der Waals surface area contributed by atoms with Crippen LogP contribution in [0.1, 0.15) is 34.6 Å². The zero-order valence-corrected chi connectivity index (χ0v) is 16.4. The summed E-state index contributed by atoms with van der Waals surface area (Å²) in [7, 11) is 0. The van der Waals surface area contributed by atoms with Crippen LogP contribution in [0, 0.1) is 6.92 Å². The van der Waals surface area contributed by atoms with Gasteiger partial charge >= 0.3 is 0 Å². The van der Waals surface area contributed by atoms with Crippen LogP contribution in [0.3, 0.4) is 0 Å². The largest absolute Gasteiger partial charge is 0.368 e. The molecule has 8 heteroatoms. The minimum Gasteiger partial charge on any atom is -0.368 e. The van der Waals surface area contributed by atoms with Crippen LogP contribution in [0.4, 0.5) is 0 Å². The van der Waals surface area contributed by atoms with E-state index in [1.54, 1.807) is 9.58 Å². The summed E-state index contributed by atoms with van der Waals surface area (Å²) in [6, 6.07) is 8.77. The average molecular weight is 403 g/mol. The van der Waals surface area contributed by atoms with Crippen LogP contribution in [0.5, 0.6) is 0 Å². The van der Waals surface area contributed by atoms with Crippen molar-refractivity contribution >= 4 is 45.0 Å². The van der Waals surface area contributed by atoms with E-state index in [0.717, 1.165) is 34.4 Å². The van der Waals surface area contributed by atoms with Gasteiger partial charge in [0.25, 0.3) is 5.91 Å². The minimum atomic E-state index is -0.526. The average Bonchev–Trinajstić information content (AvgIpc) is 3.22. The highest BCUT2D eigenvalue weighted by Gasteiger charge is 2.32. The second-order valence-electron chi connectivity index (χ2n) is 6.72. The molecule has 140 valence electrons. The Morgan fingerprint density at radius 3 is 2.85 bits per heavy atom. The number of fused-ring (bicyclic) bond motifs is 1. The number of hydrogen-bond donors (Lipinski definition) is 1. The van der Waals surface area contributed by atoms with Crippen molar-refractivity contribution in [2.75, 3.05) is 6.54 Å². The lowest BCUT2D eigenvalue weighted by Crippen LogP contribution is -2.50. The minimum absolute atomic E-state index is 0.142. The Bertz CT molecular complexity index is 1040. The molecule has 1 aromatic carbocycles. The molecule has 2 amide bonds. The number of amides is 2. The molecule has 1 fully saturated rings. The Kier molecular flexibility index (Phi) is 4.65. The molecule has 3 heterocycles. The van der Waals surface area contributed by atoms with Crippen molar-refractivity contribution in [3.63, 3.8) is 0 Å². The molecule has 4 rings (SSSR count). The monoisotopic (exact) mass is 402 g/mol. The number of piperidine rings is 1. The molecule has 0 saturated carbocycles. The first-order chi connectivity index (χ1) is 13.0. The highest BCUT2D eigenvalue weighted by molar-refractivity contribution is 7.20. The van der Waals surface area contributed by atoms with Crippen LogP contribution >= 0.6 is 22.9 Å². The van der Waals surface area contributed by atoms with Gasteiger partial charge in [0.05, 0.1) is 16.3 Å². The maximum atomic E-state index is 13.1. The lowest BCUT2D eigenvalue weighted by Gasteiger charge is -2.33. The number of carbonyl (C=O) groups excluding carboxylic acids is 2. The Morgan fingerprint density at radius 1 is 1.30 bits per heavy atom. The predicted molar refractivity (Wildman–Crippen MR) is 107 cm³/mol. The summed E-state index contributed by atoms with van der Waals surface area (Å²) in [6.07, 6.45) is 2.42. The van der Waals surface area contributed by atoms with Crippen LogP contribution in [0.15, 0.2) is 30.3 Å². The molecule has 0 radical (unpaired) electrons. The van der Waals surface area contributed by atoms with Crippen LogP contribution in [0.2, 0.25) is 5.02 Å². The van der Waals surface area contributed by atoms with Gasteiger partial charge in [0.1, 0.15) is 10.9 Å². The standard InChI is InChI=1S/C19H19ClN4O2S/c1-11-14-10-16(18(26)23-8-3-2-7-15(23)17(21)25)27-19(14)24(22-11)13-6-4-5-12(20)9-13/h4-6,9-10,15H,2-3,7-8H2,1H3,(H2,21,25). The van der Waals surface area contributed by atoms with Crippen molar-refractivity contribution in [2.45, 2.75) is 32.2 Å². The molecule has 6 nitrogen and oxygen atoms in total. The van der Waals surface area contributed by atoms with Gasteiger partial charge in [-0.25, -0.2) is 4.68 Å². The molecule has 0 aliphatic carbocycles. The molecular formula is C19H19ClN4O2S. The Morgan fingerprint density at radius 2 is 2.11 bits per heavy atom. The second-order valence-corrected chi connectivity index (χ2v) is 8.19. The van der Waals surface area contributed by atoms with Gasteiger partial charge < -0.3 is 10.6 Å². The fraction of sp³-hybridized carbons (Fsp3) is 0.316. The van der Waals surface area contributed by atoms with E-state index >= 15 is 0 Å². The molecule has 1 saturated heterocycles. The highest BCUT2D eigenvalue weighted by atomic mass is 35.5. The quantitative estimate of drug-likeness (QED) is 0.727. The first-order valence-corrected chi connectivity index (χ1v) is 10.0. The Balaban J connectivity index is 1.74. The summed E-state index contributed by atoms with van der Waals surface area (Å²) in [4.78, 5) is 27.9. The number of halogens is 1. The molecule has 1 atom stereocenters. The van der Waals surface area contributed by atoms with E-state index in [2.05, 4.69) is 5.10 Å². The topological polar surface area (TPSA) is 81.2 Å². The number of thiophene rings is 1. The van der Waals surface area contributed by atoms with Gasteiger partial charge in [-0.05, 0) is 50.5 Å². The summed E-state index contributed by atoms with van der Waals surface area (Å²) in [5.41, 5.74) is 7.19. The highest BCUT2D eigenvalue weighted by Crippen LogP contribution is 2.32. The van der Waals surface area contributed by atoms with Crippen LogP contribution < -0.4 is 5.73 Å². The molecular weight excluding hydrogens is 384 g/mol. The van der Waals surface area contributed by atoms with E-state index in [1.807, 2.05) is 37.3 Å². The summed E-state index contributed by atoms with van der Waals surface area (Å²) in [6.45, 7) is 2.47. The number of rotatable bonds is 3. The summed E-state index contributed by atoms with van der Waals surface area (Å²) >= 11 is 7.49. The van der Waals surface area contributed by atoms with Gasteiger partial charge in [0.15, 0.2) is 0 Å². The van der Waals surface area contributed by atoms with Crippen LogP contribution in [-0.4, -0.2) is 39.1 Å². The van der Waals surface area contributed by atoms with E-state index < -0.39 is 11.9 Å². The van der Waals surface area contributed by atoms with E-state index in [9.17, 15) is 9.59 Å². The van der Waals surface area contributed by atoms with E-state index in [-0.39, 0.29) is 5.91 Å². The van der Waals surface area contributed by atoms with Crippen molar-refractivity contribution in [3.05, 3.63) is 45.9 Å². The van der Waals surface area contributed by atoms with Crippen molar-refractivity contribution in [1.82, 2.24) is 14.7 Å². The number of likely N-dealkylation sites (tertiary alicyclic amines) is 1.